The maximum Gasteiger partial charge on any atom is 0.123 e. The molecular weight excluding hydrogens is 335 g/mol. The van der Waals surface area contributed by atoms with Crippen molar-refractivity contribution in [2.24, 2.45) is 11.8 Å². The van der Waals surface area contributed by atoms with Crippen molar-refractivity contribution >= 4 is 0 Å². The zero-order valence-corrected chi connectivity index (χ0v) is 16.0. The molecule has 0 saturated carbocycles. The number of nitrogens with zero attached hydrogens (tertiary/aromatic N) is 2. The molecule has 2 aromatic carbocycles. The topological polar surface area (TPSA) is 6.48 Å². The molecule has 4 aliphatic heterocycles. The first-order chi connectivity index (χ1) is 13.3. The van der Waals surface area contributed by atoms with Crippen molar-refractivity contribution in [3.05, 3.63) is 71.0 Å². The normalized spacial score (nSPS) is 30.3. The lowest BCUT2D eigenvalue weighted by molar-refractivity contribution is 0.0385. The molecule has 2 bridgehead atoms. The molecule has 0 N–H and O–H groups in total. The molecule has 1 unspecified atom stereocenters. The van der Waals surface area contributed by atoms with Gasteiger partial charge in [-0.15, -0.1) is 0 Å². The van der Waals surface area contributed by atoms with Gasteiger partial charge in [-0.05, 0) is 86.0 Å². The van der Waals surface area contributed by atoms with Gasteiger partial charge in [-0.3, -0.25) is 4.90 Å². The molecule has 27 heavy (non-hydrogen) atoms. The van der Waals surface area contributed by atoms with Crippen LogP contribution in [0.5, 0.6) is 0 Å². The highest BCUT2D eigenvalue weighted by Crippen LogP contribution is 2.38. The van der Waals surface area contributed by atoms with E-state index in [4.69, 9.17) is 0 Å². The van der Waals surface area contributed by atoms with Gasteiger partial charge in [0.2, 0.25) is 0 Å². The average molecular weight is 365 g/mol. The predicted octanol–water partition coefficient (Wildman–Crippen LogP) is 4.51. The molecule has 0 amide bonds. The Labute approximate surface area is 162 Å². The van der Waals surface area contributed by atoms with Crippen molar-refractivity contribution in [3.8, 4) is 0 Å². The summed E-state index contributed by atoms with van der Waals surface area (Å²) in [5, 5.41) is 0. The van der Waals surface area contributed by atoms with E-state index in [0.717, 1.165) is 31.3 Å². The lowest BCUT2D eigenvalue weighted by Crippen LogP contribution is -2.48. The van der Waals surface area contributed by atoms with Crippen LogP contribution in [0.4, 0.5) is 4.39 Å². The zero-order chi connectivity index (χ0) is 18.2. The van der Waals surface area contributed by atoms with E-state index in [9.17, 15) is 4.39 Å². The zero-order valence-electron chi connectivity index (χ0n) is 16.0. The third-order valence-corrected chi connectivity index (χ3v) is 7.15. The molecule has 2 nitrogen and oxygen atoms in total. The van der Waals surface area contributed by atoms with Gasteiger partial charge in [-0.2, -0.15) is 0 Å². The second-order valence-electron chi connectivity index (χ2n) is 8.63. The van der Waals surface area contributed by atoms with Crippen LogP contribution in [0, 0.1) is 17.7 Å². The fourth-order valence-corrected chi connectivity index (χ4v) is 5.64. The van der Waals surface area contributed by atoms with Crippen LogP contribution in [-0.4, -0.2) is 42.5 Å². The predicted molar refractivity (Wildman–Crippen MR) is 107 cm³/mol. The van der Waals surface area contributed by atoms with Gasteiger partial charge < -0.3 is 4.90 Å². The van der Waals surface area contributed by atoms with E-state index in [0.29, 0.717) is 0 Å². The van der Waals surface area contributed by atoms with Crippen LogP contribution >= 0.6 is 0 Å². The summed E-state index contributed by atoms with van der Waals surface area (Å²) in [6.07, 6.45) is 5.21. The van der Waals surface area contributed by atoms with Crippen LogP contribution in [0.25, 0.3) is 0 Å². The first kappa shape index (κ1) is 17.4. The highest BCUT2D eigenvalue weighted by atomic mass is 19.1. The molecule has 2 aromatic rings. The fourth-order valence-electron chi connectivity index (χ4n) is 5.64. The number of halogens is 1. The number of hydrogen-bond donors (Lipinski definition) is 0. The van der Waals surface area contributed by atoms with Crippen LogP contribution in [0.15, 0.2) is 48.5 Å². The van der Waals surface area contributed by atoms with Crippen LogP contribution < -0.4 is 0 Å². The lowest BCUT2D eigenvalue weighted by atomic mass is 9.77. The molecule has 3 heteroatoms. The Morgan fingerprint density at radius 1 is 0.926 bits per heavy atom. The second kappa shape index (κ2) is 7.37. The van der Waals surface area contributed by atoms with Gasteiger partial charge in [0, 0.05) is 13.1 Å². The summed E-state index contributed by atoms with van der Waals surface area (Å²) >= 11 is 0. The van der Waals surface area contributed by atoms with Crippen molar-refractivity contribution in [1.29, 1.82) is 0 Å². The fraction of sp³-hybridized carbons (Fsp3) is 0.500. The monoisotopic (exact) mass is 364 g/mol. The number of hydrogen-bond acceptors (Lipinski definition) is 2. The highest BCUT2D eigenvalue weighted by molar-refractivity contribution is 5.39. The summed E-state index contributed by atoms with van der Waals surface area (Å²) in [6.45, 7) is 6.18. The summed E-state index contributed by atoms with van der Waals surface area (Å²) in [5.41, 5.74) is 4.08. The molecule has 6 rings (SSSR count). The Morgan fingerprint density at radius 3 is 2.44 bits per heavy atom. The number of rotatable bonds is 4. The van der Waals surface area contributed by atoms with E-state index in [1.54, 1.807) is 12.1 Å². The molecule has 3 fully saturated rings. The lowest BCUT2D eigenvalue weighted by Gasteiger charge is -2.46. The first-order valence-electron chi connectivity index (χ1n) is 10.6. The van der Waals surface area contributed by atoms with Crippen molar-refractivity contribution < 1.29 is 4.39 Å². The van der Waals surface area contributed by atoms with Crippen LogP contribution in [0.1, 0.15) is 42.0 Å². The van der Waals surface area contributed by atoms with Gasteiger partial charge in [0.1, 0.15) is 5.82 Å². The van der Waals surface area contributed by atoms with Gasteiger partial charge >= 0.3 is 0 Å². The van der Waals surface area contributed by atoms with E-state index in [2.05, 4.69) is 34.1 Å². The minimum atomic E-state index is -0.151. The molecule has 3 saturated heterocycles. The maximum absolute atomic E-state index is 13.5. The highest BCUT2D eigenvalue weighted by Gasteiger charge is 2.35. The van der Waals surface area contributed by atoms with Crippen molar-refractivity contribution in [1.82, 2.24) is 9.80 Å². The van der Waals surface area contributed by atoms with Crippen LogP contribution in [0.2, 0.25) is 0 Å². The van der Waals surface area contributed by atoms with Crippen molar-refractivity contribution in [3.63, 3.8) is 0 Å². The standard InChI is InChI=1S/C24H29FN2/c25-22-7-5-20(6-8-22)24-23-4-2-1-3-19(23)11-15-27(24)16-12-21-17-26-13-9-18(21)10-14-26/h1-8,18,21,24H,9-17H2/t21?,24-/m1/s1. The van der Waals surface area contributed by atoms with Gasteiger partial charge in [0.05, 0.1) is 6.04 Å². The molecule has 2 atom stereocenters. The van der Waals surface area contributed by atoms with E-state index >= 15 is 0 Å². The smallest absolute Gasteiger partial charge is 0.123 e. The average Bonchev–Trinajstić information content (AvgIpc) is 2.73. The van der Waals surface area contributed by atoms with E-state index in [1.807, 2.05) is 12.1 Å². The third-order valence-electron chi connectivity index (χ3n) is 7.15. The number of benzene rings is 2. The number of fused-ring (bicyclic) bond motifs is 4. The number of piperidine rings is 3. The second-order valence-corrected chi connectivity index (χ2v) is 8.63. The Bertz CT molecular complexity index is 779. The minimum absolute atomic E-state index is 0.151. The molecular formula is C24H29FN2. The van der Waals surface area contributed by atoms with E-state index in [-0.39, 0.29) is 11.9 Å². The molecule has 4 aliphatic rings. The third kappa shape index (κ3) is 3.43. The van der Waals surface area contributed by atoms with Crippen molar-refractivity contribution in [2.45, 2.75) is 31.7 Å². The summed E-state index contributed by atoms with van der Waals surface area (Å²) in [7, 11) is 0. The quantitative estimate of drug-likeness (QED) is 0.788. The Balaban J connectivity index is 1.38. The van der Waals surface area contributed by atoms with Gasteiger partial charge in [0.15, 0.2) is 0 Å². The molecule has 142 valence electrons. The minimum Gasteiger partial charge on any atom is -0.303 e. The summed E-state index contributed by atoms with van der Waals surface area (Å²) in [5.74, 6) is 1.65. The summed E-state index contributed by atoms with van der Waals surface area (Å²) in [6, 6.07) is 16.2. The molecule has 0 spiro atoms. The van der Waals surface area contributed by atoms with E-state index in [1.165, 1.54) is 55.6 Å². The summed E-state index contributed by atoms with van der Waals surface area (Å²) < 4.78 is 13.5. The SMILES string of the molecule is Fc1ccc([C@@H]2c3ccccc3CCN2CCC2CN3CCC2CC3)cc1. The molecule has 4 heterocycles. The Morgan fingerprint density at radius 2 is 1.70 bits per heavy atom. The largest absolute Gasteiger partial charge is 0.303 e. The molecule has 0 aromatic heterocycles. The van der Waals surface area contributed by atoms with Crippen molar-refractivity contribution in [2.75, 3.05) is 32.7 Å². The van der Waals surface area contributed by atoms with Gasteiger partial charge in [-0.25, -0.2) is 4.39 Å². The maximum atomic E-state index is 13.5. The first-order valence-corrected chi connectivity index (χ1v) is 10.6. The van der Waals surface area contributed by atoms with Crippen LogP contribution in [0.3, 0.4) is 0 Å². The van der Waals surface area contributed by atoms with Gasteiger partial charge in [0.25, 0.3) is 0 Å². The Kier molecular flexibility index (Phi) is 4.75. The van der Waals surface area contributed by atoms with E-state index < -0.39 is 0 Å². The summed E-state index contributed by atoms with van der Waals surface area (Å²) in [4.78, 5) is 5.31. The van der Waals surface area contributed by atoms with Gasteiger partial charge in [-0.1, -0.05) is 36.4 Å². The Hall–Kier alpha value is -1.71. The molecule has 0 radical (unpaired) electrons. The molecule has 0 aliphatic carbocycles. The van der Waals surface area contributed by atoms with Crippen LogP contribution in [-0.2, 0) is 6.42 Å².